The number of terminal acetylenes is 1. The van der Waals surface area contributed by atoms with Gasteiger partial charge in [-0.3, -0.25) is 0 Å². The number of nitriles is 1. The summed E-state index contributed by atoms with van der Waals surface area (Å²) in [6.45, 7) is 3.41. The lowest BCUT2D eigenvalue weighted by molar-refractivity contribution is -0.139. The molecule has 0 fully saturated rings. The van der Waals surface area contributed by atoms with Gasteiger partial charge in [-0.1, -0.05) is 17.5 Å². The zero-order valence-electron chi connectivity index (χ0n) is 15.7. The van der Waals surface area contributed by atoms with Crippen molar-refractivity contribution in [2.75, 3.05) is 20.3 Å². The maximum atomic E-state index is 12.6. The number of rotatable bonds is 6. The lowest BCUT2D eigenvalue weighted by atomic mass is 9.83. The number of ether oxygens (including phenoxy) is 4. The van der Waals surface area contributed by atoms with E-state index < -0.39 is 11.9 Å². The van der Waals surface area contributed by atoms with Crippen LogP contribution in [0.4, 0.5) is 0 Å². The summed E-state index contributed by atoms with van der Waals surface area (Å²) in [7, 11) is 1.44. The minimum Gasteiger partial charge on any atom is -0.493 e. The van der Waals surface area contributed by atoms with Gasteiger partial charge < -0.3 is 24.7 Å². The highest BCUT2D eigenvalue weighted by molar-refractivity contribution is 6.32. The third kappa shape index (κ3) is 4.00. The molecule has 1 aromatic rings. The highest BCUT2D eigenvalue weighted by Crippen LogP contribution is 2.44. The molecule has 28 heavy (non-hydrogen) atoms. The lowest BCUT2D eigenvalue weighted by Crippen LogP contribution is -2.25. The number of hydrogen-bond acceptors (Lipinski definition) is 7. The summed E-state index contributed by atoms with van der Waals surface area (Å²) >= 11 is 6.35. The van der Waals surface area contributed by atoms with E-state index in [1.807, 2.05) is 6.07 Å². The molecule has 8 heteroatoms. The van der Waals surface area contributed by atoms with Gasteiger partial charge in [0.1, 0.15) is 24.0 Å². The molecule has 1 aliphatic rings. The summed E-state index contributed by atoms with van der Waals surface area (Å²) in [5, 5.41) is 9.82. The zero-order valence-corrected chi connectivity index (χ0v) is 16.4. The fourth-order valence-electron chi connectivity index (χ4n) is 2.85. The molecule has 1 heterocycles. The first kappa shape index (κ1) is 21.0. The van der Waals surface area contributed by atoms with Gasteiger partial charge in [0, 0.05) is 0 Å². The monoisotopic (exact) mass is 402 g/mol. The highest BCUT2D eigenvalue weighted by Gasteiger charge is 2.37. The molecule has 7 nitrogen and oxygen atoms in total. The van der Waals surface area contributed by atoms with Gasteiger partial charge in [-0.05, 0) is 31.5 Å². The Bertz CT molecular complexity index is 937. The van der Waals surface area contributed by atoms with Crippen molar-refractivity contribution in [1.29, 1.82) is 5.26 Å². The molecule has 0 saturated heterocycles. The van der Waals surface area contributed by atoms with Gasteiger partial charge in [0.15, 0.2) is 11.5 Å². The molecule has 0 spiro atoms. The van der Waals surface area contributed by atoms with Crippen LogP contribution in [0.1, 0.15) is 25.3 Å². The molecule has 0 bridgehead atoms. The second-order valence-electron chi connectivity index (χ2n) is 5.64. The topological polar surface area (TPSA) is 104 Å². The average Bonchev–Trinajstić information content (AvgIpc) is 2.66. The molecule has 1 atom stereocenters. The average molecular weight is 403 g/mol. The van der Waals surface area contributed by atoms with Crippen molar-refractivity contribution < 1.29 is 23.7 Å². The minimum absolute atomic E-state index is 0.00389. The Labute approximate surface area is 168 Å². The highest BCUT2D eigenvalue weighted by atomic mass is 35.5. The summed E-state index contributed by atoms with van der Waals surface area (Å²) in [5.74, 6) is 1.58. The van der Waals surface area contributed by atoms with E-state index in [2.05, 4.69) is 5.92 Å². The van der Waals surface area contributed by atoms with E-state index in [0.29, 0.717) is 11.3 Å². The summed E-state index contributed by atoms with van der Waals surface area (Å²) in [6.07, 6.45) is 5.23. The number of hydrogen-bond donors (Lipinski definition) is 1. The fourth-order valence-corrected chi connectivity index (χ4v) is 3.12. The van der Waals surface area contributed by atoms with Crippen LogP contribution in [0.2, 0.25) is 5.02 Å². The molecule has 0 amide bonds. The number of carbonyl (C=O) groups is 1. The molecular formula is C20H19ClN2O5. The molecule has 0 aromatic heterocycles. The number of nitrogens with zero attached hydrogens (tertiary/aromatic N) is 1. The van der Waals surface area contributed by atoms with Crippen molar-refractivity contribution in [2.24, 2.45) is 5.73 Å². The van der Waals surface area contributed by atoms with Gasteiger partial charge in [0.05, 0.1) is 30.2 Å². The SMILES string of the molecule is C#CCOc1c(Cl)cc(C2C(C#N)=C(N)OC(C)=C2C(=O)OCC)cc1OC. The van der Waals surface area contributed by atoms with E-state index in [-0.39, 0.29) is 46.8 Å². The standard InChI is InChI=1S/C20H19ClN2O5/c1-5-7-27-18-14(21)8-12(9-15(18)25-4)17-13(10-22)19(23)28-11(3)16(17)20(24)26-6-2/h1,8-9,17H,6-7,23H2,2-4H3. The van der Waals surface area contributed by atoms with E-state index in [0.717, 1.165) is 0 Å². The molecule has 0 radical (unpaired) electrons. The van der Waals surface area contributed by atoms with E-state index in [1.54, 1.807) is 26.0 Å². The molecular weight excluding hydrogens is 384 g/mol. The first-order valence-corrected chi connectivity index (χ1v) is 8.66. The van der Waals surface area contributed by atoms with Crippen molar-refractivity contribution in [1.82, 2.24) is 0 Å². The number of allylic oxidation sites excluding steroid dienone is 2. The van der Waals surface area contributed by atoms with Crippen LogP contribution in [0.25, 0.3) is 0 Å². The van der Waals surface area contributed by atoms with Gasteiger partial charge in [0.25, 0.3) is 0 Å². The van der Waals surface area contributed by atoms with Gasteiger partial charge in [0.2, 0.25) is 5.88 Å². The predicted octanol–water partition coefficient (Wildman–Crippen LogP) is 3.01. The second kappa shape index (κ2) is 9.07. The van der Waals surface area contributed by atoms with Crippen LogP contribution in [-0.4, -0.2) is 26.3 Å². The van der Waals surface area contributed by atoms with Gasteiger partial charge in [-0.2, -0.15) is 5.26 Å². The second-order valence-corrected chi connectivity index (χ2v) is 6.05. The lowest BCUT2D eigenvalue weighted by Gasteiger charge is -2.27. The number of carbonyl (C=O) groups excluding carboxylic acids is 1. The third-order valence-electron chi connectivity index (χ3n) is 3.99. The Morgan fingerprint density at radius 2 is 2.18 bits per heavy atom. The molecule has 0 saturated carbocycles. The van der Waals surface area contributed by atoms with Crippen LogP contribution in [0.3, 0.4) is 0 Å². The Balaban J connectivity index is 2.68. The Hall–Kier alpha value is -3.29. The van der Waals surface area contributed by atoms with Gasteiger partial charge in [-0.25, -0.2) is 4.79 Å². The smallest absolute Gasteiger partial charge is 0.338 e. The van der Waals surface area contributed by atoms with Crippen LogP contribution in [0, 0.1) is 23.7 Å². The summed E-state index contributed by atoms with van der Waals surface area (Å²) < 4.78 is 21.3. The summed E-state index contributed by atoms with van der Waals surface area (Å²) in [6, 6.07) is 5.16. The number of esters is 1. The Morgan fingerprint density at radius 3 is 2.75 bits per heavy atom. The van der Waals surface area contributed by atoms with Crippen LogP contribution < -0.4 is 15.2 Å². The van der Waals surface area contributed by atoms with Crippen molar-refractivity contribution in [2.45, 2.75) is 19.8 Å². The van der Waals surface area contributed by atoms with E-state index >= 15 is 0 Å². The van der Waals surface area contributed by atoms with Crippen molar-refractivity contribution >= 4 is 17.6 Å². The molecule has 1 unspecified atom stereocenters. The number of methoxy groups -OCH3 is 1. The molecule has 2 N–H and O–H groups in total. The molecule has 146 valence electrons. The fraction of sp³-hybridized carbons (Fsp3) is 0.300. The van der Waals surface area contributed by atoms with Crippen LogP contribution in [0.15, 0.2) is 34.9 Å². The summed E-state index contributed by atoms with van der Waals surface area (Å²) in [5.41, 5.74) is 6.59. The Morgan fingerprint density at radius 1 is 1.46 bits per heavy atom. The van der Waals surface area contributed by atoms with E-state index in [1.165, 1.54) is 7.11 Å². The van der Waals surface area contributed by atoms with Crippen LogP contribution >= 0.6 is 11.6 Å². The zero-order chi connectivity index (χ0) is 20.8. The molecule has 2 rings (SSSR count). The third-order valence-corrected chi connectivity index (χ3v) is 4.27. The maximum absolute atomic E-state index is 12.6. The quantitative estimate of drug-likeness (QED) is 0.576. The number of nitrogens with two attached hydrogens (primary N) is 1. The van der Waals surface area contributed by atoms with Gasteiger partial charge >= 0.3 is 5.97 Å². The van der Waals surface area contributed by atoms with Crippen molar-refractivity contribution in [3.05, 3.63) is 45.5 Å². The number of benzene rings is 1. The normalized spacial score (nSPS) is 16.0. The van der Waals surface area contributed by atoms with E-state index in [9.17, 15) is 10.1 Å². The summed E-state index contributed by atoms with van der Waals surface area (Å²) in [4.78, 5) is 12.6. The predicted molar refractivity (Wildman–Crippen MR) is 102 cm³/mol. The Kier molecular flexibility index (Phi) is 6.81. The molecule has 0 aliphatic carbocycles. The first-order chi connectivity index (χ1) is 13.4. The number of halogens is 1. The molecule has 1 aliphatic heterocycles. The molecule has 1 aromatic carbocycles. The van der Waals surface area contributed by atoms with E-state index in [4.69, 9.17) is 42.7 Å². The van der Waals surface area contributed by atoms with Crippen molar-refractivity contribution in [3.8, 4) is 29.9 Å². The van der Waals surface area contributed by atoms with Crippen LogP contribution in [-0.2, 0) is 14.3 Å². The minimum atomic E-state index is -0.842. The first-order valence-electron chi connectivity index (χ1n) is 8.28. The largest absolute Gasteiger partial charge is 0.493 e. The maximum Gasteiger partial charge on any atom is 0.338 e. The van der Waals surface area contributed by atoms with Gasteiger partial charge in [-0.15, -0.1) is 6.42 Å². The van der Waals surface area contributed by atoms with Crippen LogP contribution in [0.5, 0.6) is 11.5 Å². The van der Waals surface area contributed by atoms with Crippen molar-refractivity contribution in [3.63, 3.8) is 0 Å².